The second-order valence-electron chi connectivity index (χ2n) is 4.79. The molecule has 0 atom stereocenters. The molecule has 5 heteroatoms. The van der Waals surface area contributed by atoms with Gasteiger partial charge in [0.15, 0.2) is 11.5 Å². The number of nitrogens with zero attached hydrogens (tertiary/aromatic N) is 2. The van der Waals surface area contributed by atoms with Crippen molar-refractivity contribution in [1.82, 2.24) is 9.97 Å². The molecular formula is C16H11N3O2. The second-order valence-corrected chi connectivity index (χ2v) is 4.79. The molecule has 0 bridgehead atoms. The standard InChI is InChI=1S/C16H11N3O2/c17-9-10-1-3-11(4-2-10)16-18-12-7-14-15(8-13(12)19-16)21-6-5-20-14/h1-4,7-8H,5-6H2,(H,18,19). The van der Waals surface area contributed by atoms with Crippen LogP contribution in [0.15, 0.2) is 36.4 Å². The summed E-state index contributed by atoms with van der Waals surface area (Å²) in [4.78, 5) is 7.84. The number of nitrogens with one attached hydrogen (secondary N) is 1. The van der Waals surface area contributed by atoms with Gasteiger partial charge in [-0.1, -0.05) is 0 Å². The number of rotatable bonds is 1. The zero-order valence-corrected chi connectivity index (χ0v) is 11.1. The summed E-state index contributed by atoms with van der Waals surface area (Å²) < 4.78 is 11.1. The van der Waals surface area contributed by atoms with Crippen molar-refractivity contribution in [3.05, 3.63) is 42.0 Å². The molecule has 0 unspecified atom stereocenters. The Bertz CT molecular complexity index is 817. The lowest BCUT2D eigenvalue weighted by Gasteiger charge is -2.17. The zero-order valence-electron chi connectivity index (χ0n) is 11.1. The maximum absolute atomic E-state index is 8.83. The molecular weight excluding hydrogens is 266 g/mol. The third kappa shape index (κ3) is 1.98. The van der Waals surface area contributed by atoms with E-state index in [4.69, 9.17) is 14.7 Å². The first kappa shape index (κ1) is 11.8. The van der Waals surface area contributed by atoms with E-state index < -0.39 is 0 Å². The molecule has 0 amide bonds. The molecule has 1 N–H and O–H groups in total. The Labute approximate surface area is 120 Å². The van der Waals surface area contributed by atoms with Crippen LogP contribution < -0.4 is 9.47 Å². The van der Waals surface area contributed by atoms with Crippen LogP contribution in [0.5, 0.6) is 11.5 Å². The van der Waals surface area contributed by atoms with Gasteiger partial charge in [-0.05, 0) is 24.3 Å². The lowest BCUT2D eigenvalue weighted by molar-refractivity contribution is 0.172. The number of hydrogen-bond acceptors (Lipinski definition) is 4. The molecule has 102 valence electrons. The van der Waals surface area contributed by atoms with Crippen molar-refractivity contribution >= 4 is 11.0 Å². The van der Waals surface area contributed by atoms with Gasteiger partial charge >= 0.3 is 0 Å². The normalized spacial score (nSPS) is 13.1. The number of imidazole rings is 1. The Kier molecular flexibility index (Phi) is 2.54. The van der Waals surface area contributed by atoms with Gasteiger partial charge in [-0.2, -0.15) is 5.26 Å². The van der Waals surface area contributed by atoms with Gasteiger partial charge in [0.1, 0.15) is 19.0 Å². The minimum Gasteiger partial charge on any atom is -0.486 e. The predicted molar refractivity (Wildman–Crippen MR) is 77.2 cm³/mol. The van der Waals surface area contributed by atoms with E-state index in [9.17, 15) is 0 Å². The van der Waals surface area contributed by atoms with Gasteiger partial charge in [0.2, 0.25) is 0 Å². The molecule has 0 aliphatic carbocycles. The molecule has 1 aromatic heterocycles. The van der Waals surface area contributed by atoms with Crippen LogP contribution in [0.3, 0.4) is 0 Å². The summed E-state index contributed by atoms with van der Waals surface area (Å²) in [6.07, 6.45) is 0. The Hall–Kier alpha value is -3.00. The van der Waals surface area contributed by atoms with E-state index in [1.807, 2.05) is 24.3 Å². The summed E-state index contributed by atoms with van der Waals surface area (Å²) in [5.41, 5.74) is 3.30. The lowest BCUT2D eigenvalue weighted by Crippen LogP contribution is -2.15. The first-order chi connectivity index (χ1) is 10.3. The van der Waals surface area contributed by atoms with E-state index in [-0.39, 0.29) is 0 Å². The van der Waals surface area contributed by atoms with E-state index in [1.165, 1.54) is 0 Å². The van der Waals surface area contributed by atoms with Gasteiger partial charge in [0.25, 0.3) is 0 Å². The highest BCUT2D eigenvalue weighted by molar-refractivity contribution is 5.83. The van der Waals surface area contributed by atoms with Crippen molar-refractivity contribution in [2.75, 3.05) is 13.2 Å². The molecule has 1 aliphatic rings. The van der Waals surface area contributed by atoms with Gasteiger partial charge in [-0.25, -0.2) is 4.98 Å². The predicted octanol–water partition coefficient (Wildman–Crippen LogP) is 2.87. The Morgan fingerprint density at radius 2 is 1.76 bits per heavy atom. The Balaban J connectivity index is 1.81. The van der Waals surface area contributed by atoms with Gasteiger partial charge in [0, 0.05) is 17.7 Å². The average Bonchev–Trinajstić information content (AvgIpc) is 2.95. The highest BCUT2D eigenvalue weighted by Gasteiger charge is 2.15. The van der Waals surface area contributed by atoms with Crippen LogP contribution in [0.4, 0.5) is 0 Å². The molecule has 0 spiro atoms. The van der Waals surface area contributed by atoms with E-state index in [2.05, 4.69) is 16.0 Å². The number of ether oxygens (including phenoxy) is 2. The van der Waals surface area contributed by atoms with Gasteiger partial charge in [-0.15, -0.1) is 0 Å². The first-order valence-electron chi connectivity index (χ1n) is 6.63. The maximum Gasteiger partial charge on any atom is 0.163 e. The quantitative estimate of drug-likeness (QED) is 0.742. The highest BCUT2D eigenvalue weighted by Crippen LogP contribution is 2.34. The minimum absolute atomic E-state index is 0.561. The fourth-order valence-electron chi connectivity index (χ4n) is 2.39. The van der Waals surface area contributed by atoms with Crippen molar-refractivity contribution in [3.8, 4) is 29.0 Å². The van der Waals surface area contributed by atoms with Crippen LogP contribution in [-0.4, -0.2) is 23.2 Å². The highest BCUT2D eigenvalue weighted by atomic mass is 16.6. The van der Waals surface area contributed by atoms with Gasteiger partial charge in [0.05, 0.1) is 22.7 Å². The van der Waals surface area contributed by atoms with E-state index in [0.717, 1.165) is 33.9 Å². The summed E-state index contributed by atoms with van der Waals surface area (Å²) in [5, 5.41) is 8.83. The fraction of sp³-hybridized carbons (Fsp3) is 0.125. The van der Waals surface area contributed by atoms with Crippen molar-refractivity contribution in [3.63, 3.8) is 0 Å². The van der Waals surface area contributed by atoms with Crippen molar-refractivity contribution < 1.29 is 9.47 Å². The van der Waals surface area contributed by atoms with Crippen LogP contribution in [0.2, 0.25) is 0 Å². The topological polar surface area (TPSA) is 70.9 Å². The molecule has 0 saturated carbocycles. The molecule has 2 heterocycles. The van der Waals surface area contributed by atoms with Crippen molar-refractivity contribution in [1.29, 1.82) is 5.26 Å². The summed E-state index contributed by atoms with van der Waals surface area (Å²) in [5.74, 6) is 2.23. The number of hydrogen-bond donors (Lipinski definition) is 1. The van der Waals surface area contributed by atoms with Crippen LogP contribution in [-0.2, 0) is 0 Å². The number of aromatic amines is 1. The number of benzene rings is 2. The molecule has 5 nitrogen and oxygen atoms in total. The second kappa shape index (κ2) is 4.53. The molecule has 0 saturated heterocycles. The van der Waals surface area contributed by atoms with Crippen molar-refractivity contribution in [2.45, 2.75) is 0 Å². The van der Waals surface area contributed by atoms with E-state index >= 15 is 0 Å². The number of aromatic nitrogens is 2. The number of fused-ring (bicyclic) bond motifs is 2. The van der Waals surface area contributed by atoms with E-state index in [0.29, 0.717) is 18.8 Å². The van der Waals surface area contributed by atoms with Crippen molar-refractivity contribution in [2.24, 2.45) is 0 Å². The summed E-state index contributed by atoms with van der Waals surface area (Å²) in [6, 6.07) is 13.2. The SMILES string of the molecule is N#Cc1ccc(-c2nc3cc4c(cc3[nH]2)OCCO4)cc1. The first-order valence-corrected chi connectivity index (χ1v) is 6.63. The summed E-state index contributed by atoms with van der Waals surface area (Å²) >= 11 is 0. The number of H-pyrrole nitrogens is 1. The smallest absolute Gasteiger partial charge is 0.163 e. The van der Waals surface area contributed by atoms with Crippen LogP contribution >= 0.6 is 0 Å². The zero-order chi connectivity index (χ0) is 14.2. The fourth-order valence-corrected chi connectivity index (χ4v) is 2.39. The van der Waals surface area contributed by atoms with Crippen LogP contribution in [0.25, 0.3) is 22.4 Å². The van der Waals surface area contributed by atoms with E-state index in [1.54, 1.807) is 12.1 Å². The lowest BCUT2D eigenvalue weighted by atomic mass is 10.1. The molecule has 3 aromatic rings. The summed E-state index contributed by atoms with van der Waals surface area (Å²) in [7, 11) is 0. The molecule has 2 aromatic carbocycles. The monoisotopic (exact) mass is 277 g/mol. The van der Waals surface area contributed by atoms with Crippen LogP contribution in [0.1, 0.15) is 5.56 Å². The third-order valence-electron chi connectivity index (χ3n) is 3.43. The summed E-state index contributed by atoms with van der Waals surface area (Å²) in [6.45, 7) is 1.13. The largest absolute Gasteiger partial charge is 0.486 e. The Morgan fingerprint density at radius 3 is 2.48 bits per heavy atom. The molecule has 0 radical (unpaired) electrons. The van der Waals surface area contributed by atoms with Gasteiger partial charge < -0.3 is 14.5 Å². The molecule has 1 aliphatic heterocycles. The molecule has 21 heavy (non-hydrogen) atoms. The third-order valence-corrected chi connectivity index (χ3v) is 3.43. The average molecular weight is 277 g/mol. The molecule has 4 rings (SSSR count). The van der Waals surface area contributed by atoms with Gasteiger partial charge in [-0.3, -0.25) is 0 Å². The molecule has 0 fully saturated rings. The maximum atomic E-state index is 8.83. The Morgan fingerprint density at radius 1 is 1.05 bits per heavy atom. The minimum atomic E-state index is 0.561. The van der Waals surface area contributed by atoms with Crippen LogP contribution in [0, 0.1) is 11.3 Å². The number of nitriles is 1.